The lowest BCUT2D eigenvalue weighted by molar-refractivity contribution is 0.609. The zero-order valence-electron chi connectivity index (χ0n) is 11.6. The molecule has 0 aliphatic rings. The van der Waals surface area contributed by atoms with Gasteiger partial charge in [-0.2, -0.15) is 10.1 Å². The average molecular weight is 354 g/mol. The molecule has 0 saturated carbocycles. The van der Waals surface area contributed by atoms with Crippen LogP contribution in [0.2, 0.25) is 0 Å². The summed E-state index contributed by atoms with van der Waals surface area (Å²) in [7, 11) is 0. The molecule has 0 aliphatic carbocycles. The highest BCUT2D eigenvalue weighted by molar-refractivity contribution is 9.10. The van der Waals surface area contributed by atoms with E-state index in [9.17, 15) is 0 Å². The first kappa shape index (κ1) is 14.3. The van der Waals surface area contributed by atoms with E-state index < -0.39 is 0 Å². The Bertz CT molecular complexity index is 790. The van der Waals surface area contributed by atoms with Crippen molar-refractivity contribution >= 4 is 21.6 Å². The molecule has 2 aromatic carbocycles. The molecular formula is C16H12BrN5. The number of hydrogen-bond acceptors (Lipinski definition) is 4. The molecule has 0 atom stereocenters. The minimum Gasteiger partial charge on any atom is -0.260 e. The van der Waals surface area contributed by atoms with Gasteiger partial charge in [0.05, 0.1) is 23.9 Å². The quantitative estimate of drug-likeness (QED) is 0.721. The Hall–Kier alpha value is -2.65. The molecule has 0 fully saturated rings. The SMILES string of the molecule is N#Cc1ccc(N(Cc2ccccc2Br)n2cncn2)cc1. The van der Waals surface area contributed by atoms with Gasteiger partial charge in [-0.05, 0) is 35.9 Å². The first-order valence-electron chi connectivity index (χ1n) is 6.64. The maximum Gasteiger partial charge on any atom is 0.139 e. The van der Waals surface area contributed by atoms with Crippen LogP contribution in [0, 0.1) is 11.3 Å². The van der Waals surface area contributed by atoms with Crippen LogP contribution in [0.1, 0.15) is 11.1 Å². The fourth-order valence-corrected chi connectivity index (χ4v) is 2.51. The highest BCUT2D eigenvalue weighted by Gasteiger charge is 2.12. The number of nitrogens with zero attached hydrogens (tertiary/aromatic N) is 5. The highest BCUT2D eigenvalue weighted by atomic mass is 79.9. The number of rotatable bonds is 4. The van der Waals surface area contributed by atoms with Crippen molar-refractivity contribution < 1.29 is 0 Å². The topological polar surface area (TPSA) is 57.7 Å². The van der Waals surface area contributed by atoms with Gasteiger partial charge in [-0.1, -0.05) is 34.1 Å². The summed E-state index contributed by atoms with van der Waals surface area (Å²) in [5.41, 5.74) is 2.69. The molecular weight excluding hydrogens is 342 g/mol. The Morgan fingerprint density at radius 2 is 1.91 bits per heavy atom. The lowest BCUT2D eigenvalue weighted by atomic mass is 10.2. The largest absolute Gasteiger partial charge is 0.260 e. The van der Waals surface area contributed by atoms with Crippen LogP contribution in [-0.4, -0.2) is 14.9 Å². The van der Waals surface area contributed by atoms with Crippen LogP contribution in [0.3, 0.4) is 0 Å². The van der Waals surface area contributed by atoms with Crippen LogP contribution in [0.4, 0.5) is 5.69 Å². The number of nitriles is 1. The standard InChI is InChI=1S/C16H12BrN5/c17-16-4-2-1-3-14(16)10-21(22-12-19-11-20-22)15-7-5-13(9-18)6-8-15/h1-8,11-12H,10H2. The van der Waals surface area contributed by atoms with E-state index in [1.54, 1.807) is 23.3 Å². The summed E-state index contributed by atoms with van der Waals surface area (Å²) in [5.74, 6) is 0. The lowest BCUT2D eigenvalue weighted by Gasteiger charge is -2.24. The summed E-state index contributed by atoms with van der Waals surface area (Å²) >= 11 is 3.57. The predicted octanol–water partition coefficient (Wildman–Crippen LogP) is 3.38. The molecule has 1 heterocycles. The number of aromatic nitrogens is 3. The van der Waals surface area contributed by atoms with Crippen molar-refractivity contribution in [3.8, 4) is 6.07 Å². The lowest BCUT2D eigenvalue weighted by Crippen LogP contribution is -2.29. The average Bonchev–Trinajstić information content (AvgIpc) is 3.08. The highest BCUT2D eigenvalue weighted by Crippen LogP contribution is 2.22. The Balaban J connectivity index is 1.97. The van der Waals surface area contributed by atoms with Crippen molar-refractivity contribution in [2.75, 3.05) is 5.01 Å². The molecule has 5 nitrogen and oxygen atoms in total. The number of benzene rings is 2. The minimum atomic E-state index is 0.622. The molecule has 3 aromatic rings. The maximum atomic E-state index is 8.93. The zero-order chi connectivity index (χ0) is 15.4. The van der Waals surface area contributed by atoms with Crippen molar-refractivity contribution in [2.24, 2.45) is 0 Å². The van der Waals surface area contributed by atoms with Gasteiger partial charge >= 0.3 is 0 Å². The number of anilines is 1. The van der Waals surface area contributed by atoms with Gasteiger partial charge in [0.15, 0.2) is 0 Å². The van der Waals surface area contributed by atoms with Crippen LogP contribution in [0.15, 0.2) is 65.7 Å². The van der Waals surface area contributed by atoms with Crippen molar-refractivity contribution in [3.63, 3.8) is 0 Å². The molecule has 0 spiro atoms. The van der Waals surface area contributed by atoms with Crippen molar-refractivity contribution in [1.29, 1.82) is 5.26 Å². The molecule has 0 aliphatic heterocycles. The second kappa shape index (κ2) is 6.41. The van der Waals surface area contributed by atoms with Crippen LogP contribution < -0.4 is 5.01 Å². The second-order valence-electron chi connectivity index (χ2n) is 4.62. The molecule has 0 radical (unpaired) electrons. The summed E-state index contributed by atoms with van der Waals surface area (Å²) in [6, 6.07) is 17.5. The molecule has 0 N–H and O–H groups in total. The van der Waals surface area contributed by atoms with E-state index in [4.69, 9.17) is 5.26 Å². The van der Waals surface area contributed by atoms with E-state index in [1.807, 2.05) is 35.3 Å². The predicted molar refractivity (Wildman–Crippen MR) is 86.9 cm³/mol. The van der Waals surface area contributed by atoms with Gasteiger partial charge < -0.3 is 0 Å². The molecule has 3 rings (SSSR count). The summed E-state index contributed by atoms with van der Waals surface area (Å²) in [4.78, 5) is 5.69. The van der Waals surface area contributed by atoms with E-state index in [2.05, 4.69) is 38.1 Å². The summed E-state index contributed by atoms with van der Waals surface area (Å²) in [6.07, 6.45) is 3.14. The molecule has 22 heavy (non-hydrogen) atoms. The molecule has 0 bridgehead atoms. The third kappa shape index (κ3) is 3.00. The van der Waals surface area contributed by atoms with E-state index in [0.717, 1.165) is 15.7 Å². The van der Waals surface area contributed by atoms with Gasteiger partial charge in [0.2, 0.25) is 0 Å². The van der Waals surface area contributed by atoms with E-state index >= 15 is 0 Å². The molecule has 108 valence electrons. The molecule has 0 saturated heterocycles. The van der Waals surface area contributed by atoms with E-state index in [1.165, 1.54) is 6.33 Å². The smallest absolute Gasteiger partial charge is 0.139 e. The minimum absolute atomic E-state index is 0.622. The fourth-order valence-electron chi connectivity index (χ4n) is 2.10. The Labute approximate surface area is 136 Å². The van der Waals surface area contributed by atoms with Crippen LogP contribution >= 0.6 is 15.9 Å². The first-order chi connectivity index (χ1) is 10.8. The Morgan fingerprint density at radius 3 is 2.55 bits per heavy atom. The number of hydrogen-bond donors (Lipinski definition) is 0. The van der Waals surface area contributed by atoms with Crippen LogP contribution in [0.5, 0.6) is 0 Å². The Morgan fingerprint density at radius 1 is 1.14 bits per heavy atom. The molecule has 0 unspecified atom stereocenters. The van der Waals surface area contributed by atoms with Crippen molar-refractivity contribution in [3.05, 3.63) is 76.8 Å². The van der Waals surface area contributed by atoms with Gasteiger partial charge in [-0.15, -0.1) is 5.10 Å². The summed E-state index contributed by atoms with van der Waals surface area (Å²) in [5, 5.41) is 15.1. The first-order valence-corrected chi connectivity index (χ1v) is 7.43. The third-order valence-electron chi connectivity index (χ3n) is 3.23. The second-order valence-corrected chi connectivity index (χ2v) is 5.48. The third-order valence-corrected chi connectivity index (χ3v) is 4.00. The van der Waals surface area contributed by atoms with E-state index in [-0.39, 0.29) is 0 Å². The van der Waals surface area contributed by atoms with E-state index in [0.29, 0.717) is 12.1 Å². The van der Waals surface area contributed by atoms with Crippen molar-refractivity contribution in [1.82, 2.24) is 14.9 Å². The summed E-state index contributed by atoms with van der Waals surface area (Å²) in [6.45, 7) is 0.622. The van der Waals surface area contributed by atoms with Gasteiger partial charge in [-0.3, -0.25) is 5.01 Å². The summed E-state index contributed by atoms with van der Waals surface area (Å²) < 4.78 is 1.04. The number of halogens is 1. The van der Waals surface area contributed by atoms with Gasteiger partial charge in [0.25, 0.3) is 0 Å². The molecule has 6 heteroatoms. The van der Waals surface area contributed by atoms with Crippen LogP contribution in [-0.2, 0) is 6.54 Å². The Kier molecular flexibility index (Phi) is 4.17. The van der Waals surface area contributed by atoms with Gasteiger partial charge in [-0.25, -0.2) is 4.98 Å². The van der Waals surface area contributed by atoms with Gasteiger partial charge in [0.1, 0.15) is 12.7 Å². The van der Waals surface area contributed by atoms with Crippen molar-refractivity contribution in [2.45, 2.75) is 6.54 Å². The normalized spacial score (nSPS) is 10.2. The monoisotopic (exact) mass is 353 g/mol. The molecule has 1 aromatic heterocycles. The molecule has 0 amide bonds. The van der Waals surface area contributed by atoms with Gasteiger partial charge in [0, 0.05) is 4.47 Å². The fraction of sp³-hybridized carbons (Fsp3) is 0.0625. The zero-order valence-corrected chi connectivity index (χ0v) is 13.2. The maximum absolute atomic E-state index is 8.93. The van der Waals surface area contributed by atoms with Crippen LogP contribution in [0.25, 0.3) is 0 Å².